The average molecular weight is 250 g/mol. The summed E-state index contributed by atoms with van der Waals surface area (Å²) in [5.74, 6) is -0.943. The van der Waals surface area contributed by atoms with Crippen molar-refractivity contribution in [1.82, 2.24) is 4.57 Å². The zero-order chi connectivity index (χ0) is 12.0. The van der Waals surface area contributed by atoms with E-state index in [1.54, 1.807) is 0 Å². The molecule has 3 rings (SSSR count). The molecule has 0 radical (unpaired) electrons. The number of aliphatic carboxylic acids is 1. The quantitative estimate of drug-likeness (QED) is 0.844. The number of aromatic nitrogens is 1. The summed E-state index contributed by atoms with van der Waals surface area (Å²) >= 11 is 5.99. The normalized spacial score (nSPS) is 19.2. The van der Waals surface area contributed by atoms with Crippen LogP contribution >= 0.6 is 11.6 Å². The Labute approximate surface area is 104 Å². The fourth-order valence-corrected chi connectivity index (χ4v) is 2.73. The summed E-state index contributed by atoms with van der Waals surface area (Å²) < 4.78 is 2.18. The van der Waals surface area contributed by atoms with E-state index in [4.69, 9.17) is 16.7 Å². The third kappa shape index (κ3) is 1.71. The van der Waals surface area contributed by atoms with Crippen molar-refractivity contribution in [2.45, 2.75) is 19.4 Å². The average Bonchev–Trinajstić information content (AvgIpc) is 2.66. The first-order valence-corrected chi connectivity index (χ1v) is 6.03. The minimum Gasteiger partial charge on any atom is -0.481 e. The summed E-state index contributed by atoms with van der Waals surface area (Å²) in [5, 5.41) is 10.9. The van der Waals surface area contributed by atoms with E-state index in [-0.39, 0.29) is 5.92 Å². The van der Waals surface area contributed by atoms with E-state index < -0.39 is 5.97 Å². The Morgan fingerprint density at radius 3 is 3.00 bits per heavy atom. The first-order valence-electron chi connectivity index (χ1n) is 5.65. The number of hydrogen-bond donors (Lipinski definition) is 1. The topological polar surface area (TPSA) is 42.2 Å². The van der Waals surface area contributed by atoms with Gasteiger partial charge < -0.3 is 9.67 Å². The smallest absolute Gasteiger partial charge is 0.306 e. The maximum Gasteiger partial charge on any atom is 0.306 e. The van der Waals surface area contributed by atoms with Gasteiger partial charge in [-0.25, -0.2) is 0 Å². The number of fused-ring (bicyclic) bond motifs is 3. The van der Waals surface area contributed by atoms with Gasteiger partial charge in [0.2, 0.25) is 0 Å². The number of hydrogen-bond acceptors (Lipinski definition) is 1. The lowest BCUT2D eigenvalue weighted by atomic mass is 9.96. The van der Waals surface area contributed by atoms with Gasteiger partial charge in [-0.2, -0.15) is 0 Å². The standard InChI is InChI=1S/C13H12ClNO2/c14-10-2-1-8-5-11-6-9(13(16)17)3-4-15(11)12(8)7-10/h1-2,5,7,9H,3-4,6H2,(H,16,17). The molecule has 0 amide bonds. The zero-order valence-electron chi connectivity index (χ0n) is 9.19. The Hall–Kier alpha value is -1.48. The SMILES string of the molecule is O=C(O)C1CCn2c(cc3ccc(Cl)cc32)C1. The highest BCUT2D eigenvalue weighted by Gasteiger charge is 2.25. The highest BCUT2D eigenvalue weighted by atomic mass is 35.5. The predicted octanol–water partition coefficient (Wildman–Crippen LogP) is 2.94. The van der Waals surface area contributed by atoms with E-state index in [0.717, 1.165) is 28.2 Å². The van der Waals surface area contributed by atoms with Gasteiger partial charge in [0.25, 0.3) is 0 Å². The second-order valence-electron chi connectivity index (χ2n) is 4.52. The number of benzene rings is 1. The maximum absolute atomic E-state index is 11.0. The molecule has 0 spiro atoms. The number of carboxylic acid groups (broad SMARTS) is 1. The van der Waals surface area contributed by atoms with Crippen molar-refractivity contribution < 1.29 is 9.90 Å². The van der Waals surface area contributed by atoms with E-state index >= 15 is 0 Å². The first-order chi connectivity index (χ1) is 8.15. The van der Waals surface area contributed by atoms with E-state index in [9.17, 15) is 4.79 Å². The van der Waals surface area contributed by atoms with Gasteiger partial charge in [0.1, 0.15) is 0 Å². The molecule has 17 heavy (non-hydrogen) atoms. The van der Waals surface area contributed by atoms with Crippen molar-refractivity contribution >= 4 is 28.5 Å². The van der Waals surface area contributed by atoms with Crippen LogP contribution in [0.5, 0.6) is 0 Å². The van der Waals surface area contributed by atoms with Crippen LogP contribution in [0.4, 0.5) is 0 Å². The Kier molecular flexibility index (Phi) is 2.37. The van der Waals surface area contributed by atoms with Gasteiger partial charge in [-0.15, -0.1) is 0 Å². The van der Waals surface area contributed by atoms with Gasteiger partial charge in [0.15, 0.2) is 0 Å². The monoisotopic (exact) mass is 249 g/mol. The minimum absolute atomic E-state index is 0.248. The number of carbonyl (C=O) groups is 1. The van der Waals surface area contributed by atoms with Crippen molar-refractivity contribution in [3.05, 3.63) is 35.0 Å². The second kappa shape index (κ2) is 3.77. The fourth-order valence-electron chi connectivity index (χ4n) is 2.57. The molecular formula is C13H12ClNO2. The Morgan fingerprint density at radius 1 is 1.41 bits per heavy atom. The maximum atomic E-state index is 11.0. The molecule has 1 aliphatic rings. The number of aryl methyl sites for hydroxylation is 1. The third-order valence-corrected chi connectivity index (χ3v) is 3.69. The van der Waals surface area contributed by atoms with Gasteiger partial charge in [-0.3, -0.25) is 4.79 Å². The summed E-state index contributed by atoms with van der Waals surface area (Å²) in [7, 11) is 0. The molecule has 1 atom stereocenters. The molecular weight excluding hydrogens is 238 g/mol. The van der Waals surface area contributed by atoms with Crippen LogP contribution in [0.25, 0.3) is 10.9 Å². The minimum atomic E-state index is -0.695. The summed E-state index contributed by atoms with van der Waals surface area (Å²) in [6.07, 6.45) is 1.31. The fraction of sp³-hybridized carbons (Fsp3) is 0.308. The van der Waals surface area contributed by atoms with Crippen LogP contribution in [0.1, 0.15) is 12.1 Å². The van der Waals surface area contributed by atoms with Gasteiger partial charge in [0, 0.05) is 29.2 Å². The van der Waals surface area contributed by atoms with Crippen molar-refractivity contribution in [3.63, 3.8) is 0 Å². The summed E-state index contributed by atoms with van der Waals surface area (Å²) in [6, 6.07) is 7.87. The van der Waals surface area contributed by atoms with E-state index in [1.165, 1.54) is 0 Å². The number of halogens is 1. The molecule has 0 bridgehead atoms. The molecule has 1 aromatic carbocycles. The van der Waals surface area contributed by atoms with Crippen LogP contribution in [0, 0.1) is 5.92 Å². The van der Waals surface area contributed by atoms with Gasteiger partial charge in [-0.05, 0) is 30.0 Å². The van der Waals surface area contributed by atoms with Gasteiger partial charge >= 0.3 is 5.97 Å². The number of nitrogens with zero attached hydrogens (tertiary/aromatic N) is 1. The molecule has 0 saturated carbocycles. The highest BCUT2D eigenvalue weighted by Crippen LogP contribution is 2.29. The molecule has 3 nitrogen and oxygen atoms in total. The number of rotatable bonds is 1. The van der Waals surface area contributed by atoms with Crippen molar-refractivity contribution in [3.8, 4) is 0 Å². The molecule has 2 heterocycles. The zero-order valence-corrected chi connectivity index (χ0v) is 9.94. The summed E-state index contributed by atoms with van der Waals surface area (Å²) in [4.78, 5) is 11.0. The van der Waals surface area contributed by atoms with Crippen molar-refractivity contribution in [2.75, 3.05) is 0 Å². The molecule has 0 fully saturated rings. The molecule has 0 aliphatic carbocycles. The van der Waals surface area contributed by atoms with E-state index in [2.05, 4.69) is 10.6 Å². The molecule has 1 aromatic heterocycles. The van der Waals surface area contributed by atoms with Crippen LogP contribution in [-0.4, -0.2) is 15.6 Å². The molecule has 4 heteroatoms. The van der Waals surface area contributed by atoms with E-state index in [1.807, 2.05) is 18.2 Å². The lowest BCUT2D eigenvalue weighted by molar-refractivity contribution is -0.142. The lowest BCUT2D eigenvalue weighted by Crippen LogP contribution is -2.24. The molecule has 88 valence electrons. The Morgan fingerprint density at radius 2 is 2.24 bits per heavy atom. The van der Waals surface area contributed by atoms with Crippen LogP contribution in [0.15, 0.2) is 24.3 Å². The number of carboxylic acids is 1. The van der Waals surface area contributed by atoms with Crippen LogP contribution in [0.2, 0.25) is 5.02 Å². The summed E-state index contributed by atoms with van der Waals surface area (Å²) in [5.41, 5.74) is 2.21. The summed E-state index contributed by atoms with van der Waals surface area (Å²) in [6.45, 7) is 0.760. The molecule has 1 aliphatic heterocycles. The van der Waals surface area contributed by atoms with Crippen LogP contribution < -0.4 is 0 Å². The molecule has 0 saturated heterocycles. The van der Waals surface area contributed by atoms with Crippen LogP contribution in [0.3, 0.4) is 0 Å². The first kappa shape index (κ1) is 10.7. The molecule has 1 unspecified atom stereocenters. The van der Waals surface area contributed by atoms with Crippen LogP contribution in [-0.2, 0) is 17.8 Å². The second-order valence-corrected chi connectivity index (χ2v) is 4.95. The Balaban J connectivity index is 2.10. The van der Waals surface area contributed by atoms with Crippen molar-refractivity contribution in [2.24, 2.45) is 5.92 Å². The Bertz CT molecular complexity index is 603. The highest BCUT2D eigenvalue weighted by molar-refractivity contribution is 6.31. The predicted molar refractivity (Wildman–Crippen MR) is 66.4 cm³/mol. The van der Waals surface area contributed by atoms with E-state index in [0.29, 0.717) is 12.8 Å². The third-order valence-electron chi connectivity index (χ3n) is 3.46. The molecule has 2 aromatic rings. The lowest BCUT2D eigenvalue weighted by Gasteiger charge is -2.21. The van der Waals surface area contributed by atoms with Gasteiger partial charge in [0.05, 0.1) is 5.92 Å². The van der Waals surface area contributed by atoms with Crippen molar-refractivity contribution in [1.29, 1.82) is 0 Å². The van der Waals surface area contributed by atoms with Gasteiger partial charge in [-0.1, -0.05) is 17.7 Å². The largest absolute Gasteiger partial charge is 0.481 e. The molecule has 1 N–H and O–H groups in total.